The zero-order valence-electron chi connectivity index (χ0n) is 9.75. The number of furan rings is 1. The van der Waals surface area contributed by atoms with Gasteiger partial charge in [-0.3, -0.25) is 9.59 Å². The van der Waals surface area contributed by atoms with E-state index in [1.165, 1.54) is 6.07 Å². The maximum Gasteiger partial charge on any atom is 0.287 e. The van der Waals surface area contributed by atoms with Gasteiger partial charge in [0, 0.05) is 6.54 Å². The van der Waals surface area contributed by atoms with Gasteiger partial charge in [-0.1, -0.05) is 6.92 Å². The summed E-state index contributed by atoms with van der Waals surface area (Å²) in [7, 11) is 0. The molecule has 2 amide bonds. The monoisotopic (exact) mass is 302 g/mol. The van der Waals surface area contributed by atoms with Crippen LogP contribution in [0.5, 0.6) is 0 Å². The molecule has 1 unspecified atom stereocenters. The first-order valence-electron chi connectivity index (χ1n) is 5.38. The molecule has 1 rings (SSSR count). The van der Waals surface area contributed by atoms with Gasteiger partial charge >= 0.3 is 0 Å². The molecule has 0 saturated heterocycles. The quantitative estimate of drug-likeness (QED) is 0.869. The standard InChI is InChI=1S/C11H15BrN2O3/c1-3-6-13-10(15)7(2)14-11(16)8-4-5-9(12)17-8/h4-5,7H,3,6H2,1-2H3,(H,13,15)(H,14,16). The molecule has 1 aromatic heterocycles. The van der Waals surface area contributed by atoms with Gasteiger partial charge in [0.05, 0.1) is 0 Å². The summed E-state index contributed by atoms with van der Waals surface area (Å²) in [6.07, 6.45) is 0.859. The molecule has 0 aliphatic rings. The molecular weight excluding hydrogens is 288 g/mol. The number of nitrogens with one attached hydrogen (secondary N) is 2. The molecular formula is C11H15BrN2O3. The molecule has 94 valence electrons. The van der Waals surface area contributed by atoms with Crippen molar-refractivity contribution in [3.63, 3.8) is 0 Å². The van der Waals surface area contributed by atoms with Crippen LogP contribution < -0.4 is 10.6 Å². The minimum absolute atomic E-state index is 0.173. The predicted octanol–water partition coefficient (Wildman–Crippen LogP) is 1.69. The van der Waals surface area contributed by atoms with Crippen LogP contribution in [0.15, 0.2) is 21.2 Å². The van der Waals surface area contributed by atoms with Gasteiger partial charge in [0.25, 0.3) is 5.91 Å². The number of rotatable bonds is 5. The minimum atomic E-state index is -0.585. The van der Waals surface area contributed by atoms with Crippen molar-refractivity contribution in [3.05, 3.63) is 22.6 Å². The van der Waals surface area contributed by atoms with Gasteiger partial charge in [-0.05, 0) is 41.4 Å². The van der Waals surface area contributed by atoms with Crippen molar-refractivity contribution >= 4 is 27.7 Å². The average Bonchev–Trinajstić information content (AvgIpc) is 2.72. The van der Waals surface area contributed by atoms with Crippen LogP contribution in [0.3, 0.4) is 0 Å². The topological polar surface area (TPSA) is 71.3 Å². The van der Waals surface area contributed by atoms with E-state index in [4.69, 9.17) is 4.42 Å². The number of carbonyl (C=O) groups is 2. The number of hydrogen-bond acceptors (Lipinski definition) is 3. The van der Waals surface area contributed by atoms with Crippen LogP contribution in [0.1, 0.15) is 30.8 Å². The molecule has 0 aromatic carbocycles. The highest BCUT2D eigenvalue weighted by molar-refractivity contribution is 9.10. The van der Waals surface area contributed by atoms with E-state index in [0.717, 1.165) is 6.42 Å². The molecule has 1 heterocycles. The molecule has 17 heavy (non-hydrogen) atoms. The summed E-state index contributed by atoms with van der Waals surface area (Å²) >= 11 is 3.10. The summed E-state index contributed by atoms with van der Waals surface area (Å²) in [5.41, 5.74) is 0. The molecule has 5 nitrogen and oxygen atoms in total. The number of amides is 2. The van der Waals surface area contributed by atoms with Crippen molar-refractivity contribution in [3.8, 4) is 0 Å². The zero-order valence-corrected chi connectivity index (χ0v) is 11.3. The number of carbonyl (C=O) groups excluding carboxylic acids is 2. The highest BCUT2D eigenvalue weighted by atomic mass is 79.9. The zero-order chi connectivity index (χ0) is 12.8. The van der Waals surface area contributed by atoms with E-state index in [1.807, 2.05) is 6.92 Å². The van der Waals surface area contributed by atoms with E-state index in [2.05, 4.69) is 26.6 Å². The van der Waals surface area contributed by atoms with E-state index in [1.54, 1.807) is 13.0 Å². The summed E-state index contributed by atoms with van der Waals surface area (Å²) in [6.45, 7) is 4.19. The second-order valence-corrected chi connectivity index (χ2v) is 4.37. The van der Waals surface area contributed by atoms with Gasteiger partial charge in [-0.25, -0.2) is 0 Å². The fraction of sp³-hybridized carbons (Fsp3) is 0.455. The fourth-order valence-electron chi connectivity index (χ4n) is 1.17. The number of halogens is 1. The largest absolute Gasteiger partial charge is 0.444 e. The summed E-state index contributed by atoms with van der Waals surface area (Å²) in [5.74, 6) is -0.437. The van der Waals surface area contributed by atoms with Crippen LogP contribution in [0.4, 0.5) is 0 Å². The van der Waals surface area contributed by atoms with Crippen molar-refractivity contribution in [2.45, 2.75) is 26.3 Å². The summed E-state index contributed by atoms with van der Waals surface area (Å²) in [4.78, 5) is 23.1. The molecule has 0 radical (unpaired) electrons. The van der Waals surface area contributed by atoms with Crippen molar-refractivity contribution < 1.29 is 14.0 Å². The molecule has 0 bridgehead atoms. The first-order valence-corrected chi connectivity index (χ1v) is 6.17. The Labute approximate surface area is 108 Å². The van der Waals surface area contributed by atoms with Crippen molar-refractivity contribution in [2.24, 2.45) is 0 Å². The number of hydrogen-bond donors (Lipinski definition) is 2. The second kappa shape index (κ2) is 6.44. The summed E-state index contributed by atoms with van der Waals surface area (Å²) < 4.78 is 5.56. The molecule has 0 spiro atoms. The van der Waals surface area contributed by atoms with E-state index in [0.29, 0.717) is 11.2 Å². The van der Waals surface area contributed by atoms with E-state index < -0.39 is 11.9 Å². The molecule has 0 saturated carbocycles. The Kier molecular flexibility index (Phi) is 5.21. The Morgan fingerprint density at radius 2 is 2.18 bits per heavy atom. The molecule has 6 heteroatoms. The van der Waals surface area contributed by atoms with Gasteiger partial charge < -0.3 is 15.1 Å². The van der Waals surface area contributed by atoms with Crippen LogP contribution >= 0.6 is 15.9 Å². The third-order valence-corrected chi connectivity index (χ3v) is 2.51. The van der Waals surface area contributed by atoms with Crippen LogP contribution in [-0.4, -0.2) is 24.4 Å². The Morgan fingerprint density at radius 1 is 1.47 bits per heavy atom. The van der Waals surface area contributed by atoms with Crippen molar-refractivity contribution in [1.29, 1.82) is 0 Å². The third kappa shape index (κ3) is 4.22. The molecule has 0 aliphatic carbocycles. The fourth-order valence-corrected chi connectivity index (χ4v) is 1.48. The molecule has 0 fully saturated rings. The normalized spacial score (nSPS) is 11.9. The van der Waals surface area contributed by atoms with Crippen LogP contribution in [-0.2, 0) is 4.79 Å². The van der Waals surface area contributed by atoms with Gasteiger partial charge in [0.1, 0.15) is 6.04 Å². The van der Waals surface area contributed by atoms with Crippen LogP contribution in [0.2, 0.25) is 0 Å². The third-order valence-electron chi connectivity index (χ3n) is 2.09. The lowest BCUT2D eigenvalue weighted by molar-refractivity contribution is -0.122. The minimum Gasteiger partial charge on any atom is -0.444 e. The second-order valence-electron chi connectivity index (χ2n) is 3.59. The molecule has 1 aromatic rings. The maximum absolute atomic E-state index is 11.6. The SMILES string of the molecule is CCCNC(=O)C(C)NC(=O)c1ccc(Br)o1. The van der Waals surface area contributed by atoms with E-state index in [9.17, 15) is 9.59 Å². The lowest BCUT2D eigenvalue weighted by Gasteiger charge is -2.12. The van der Waals surface area contributed by atoms with Gasteiger partial charge in [-0.15, -0.1) is 0 Å². The maximum atomic E-state index is 11.6. The highest BCUT2D eigenvalue weighted by Gasteiger charge is 2.17. The smallest absolute Gasteiger partial charge is 0.287 e. The summed E-state index contributed by atoms with van der Waals surface area (Å²) in [5, 5.41) is 5.25. The lowest BCUT2D eigenvalue weighted by atomic mass is 10.3. The lowest BCUT2D eigenvalue weighted by Crippen LogP contribution is -2.44. The van der Waals surface area contributed by atoms with Crippen LogP contribution in [0.25, 0.3) is 0 Å². The Bertz CT molecular complexity index is 403. The first-order chi connectivity index (χ1) is 8.04. The Balaban J connectivity index is 2.48. The summed E-state index contributed by atoms with van der Waals surface area (Å²) in [6, 6.07) is 2.57. The van der Waals surface area contributed by atoms with Gasteiger partial charge in [0.2, 0.25) is 5.91 Å². The predicted molar refractivity (Wildman–Crippen MR) is 66.6 cm³/mol. The Morgan fingerprint density at radius 3 is 2.71 bits per heavy atom. The molecule has 1 atom stereocenters. The van der Waals surface area contributed by atoms with Gasteiger partial charge in [-0.2, -0.15) is 0 Å². The van der Waals surface area contributed by atoms with Gasteiger partial charge in [0.15, 0.2) is 10.4 Å². The van der Waals surface area contributed by atoms with Crippen LogP contribution in [0, 0.1) is 0 Å². The molecule has 2 N–H and O–H groups in total. The van der Waals surface area contributed by atoms with E-state index in [-0.39, 0.29) is 11.7 Å². The average molecular weight is 303 g/mol. The first kappa shape index (κ1) is 13.8. The molecule has 0 aliphatic heterocycles. The van der Waals surface area contributed by atoms with Crippen molar-refractivity contribution in [1.82, 2.24) is 10.6 Å². The highest BCUT2D eigenvalue weighted by Crippen LogP contribution is 2.13. The Hall–Kier alpha value is -1.30. The van der Waals surface area contributed by atoms with E-state index >= 15 is 0 Å². The van der Waals surface area contributed by atoms with Crippen molar-refractivity contribution in [2.75, 3.05) is 6.54 Å².